The molecule has 124 valence electrons. The van der Waals surface area contributed by atoms with Crippen molar-refractivity contribution in [2.75, 3.05) is 4.90 Å². The molecular weight excluding hydrogens is 296 g/mol. The molecule has 6 heteroatoms. The van der Waals surface area contributed by atoms with Crippen LogP contribution in [0, 0.1) is 0 Å². The van der Waals surface area contributed by atoms with Gasteiger partial charge >= 0.3 is 5.97 Å². The maximum Gasteiger partial charge on any atom is 0.303 e. The van der Waals surface area contributed by atoms with E-state index in [4.69, 9.17) is 4.74 Å². The van der Waals surface area contributed by atoms with Crippen molar-refractivity contribution in [3.8, 4) is 0 Å². The van der Waals surface area contributed by atoms with Gasteiger partial charge in [-0.25, -0.2) is 0 Å². The lowest BCUT2D eigenvalue weighted by atomic mass is 10.1. The minimum Gasteiger partial charge on any atom is -0.450 e. The fraction of sp³-hybridized carbons (Fsp3) is 0.471. The second-order valence-corrected chi connectivity index (χ2v) is 6.26. The molecule has 0 radical (unpaired) electrons. The van der Waals surface area contributed by atoms with E-state index in [0.29, 0.717) is 6.42 Å². The zero-order valence-corrected chi connectivity index (χ0v) is 13.8. The van der Waals surface area contributed by atoms with E-state index in [0.717, 1.165) is 5.69 Å². The number of carbonyl (C=O) groups is 3. The summed E-state index contributed by atoms with van der Waals surface area (Å²) in [4.78, 5) is 37.7. The molecule has 0 bridgehead atoms. The first-order chi connectivity index (χ1) is 10.7. The second kappa shape index (κ2) is 6.40. The highest BCUT2D eigenvalue weighted by molar-refractivity contribution is 6.02. The van der Waals surface area contributed by atoms with Crippen molar-refractivity contribution in [3.63, 3.8) is 0 Å². The second-order valence-electron chi connectivity index (χ2n) is 6.26. The molecule has 1 aliphatic rings. The molecule has 2 atom stereocenters. The molecule has 1 heterocycles. The summed E-state index contributed by atoms with van der Waals surface area (Å²) in [7, 11) is 0. The maximum absolute atomic E-state index is 12.6. The first-order valence-corrected chi connectivity index (χ1v) is 7.61. The van der Waals surface area contributed by atoms with E-state index >= 15 is 0 Å². The molecule has 1 N–H and O–H groups in total. The fourth-order valence-corrected chi connectivity index (χ4v) is 2.76. The van der Waals surface area contributed by atoms with E-state index in [1.54, 1.807) is 4.90 Å². The molecule has 0 spiro atoms. The summed E-state index contributed by atoms with van der Waals surface area (Å²) >= 11 is 0. The van der Waals surface area contributed by atoms with E-state index in [2.05, 4.69) is 5.32 Å². The summed E-state index contributed by atoms with van der Waals surface area (Å²) in [6, 6.07) is 8.70. The Morgan fingerprint density at radius 2 is 1.87 bits per heavy atom. The normalized spacial score (nSPS) is 21.2. The van der Waals surface area contributed by atoms with Crippen LogP contribution in [0.15, 0.2) is 30.3 Å². The zero-order chi connectivity index (χ0) is 17.2. The van der Waals surface area contributed by atoms with Crippen molar-refractivity contribution >= 4 is 23.5 Å². The van der Waals surface area contributed by atoms with Gasteiger partial charge in [-0.05, 0) is 39.3 Å². The Morgan fingerprint density at radius 3 is 2.43 bits per heavy atom. The molecule has 0 aromatic heterocycles. The van der Waals surface area contributed by atoms with Crippen molar-refractivity contribution < 1.29 is 19.1 Å². The fourth-order valence-electron chi connectivity index (χ4n) is 2.76. The van der Waals surface area contributed by atoms with Crippen molar-refractivity contribution in [2.24, 2.45) is 0 Å². The summed E-state index contributed by atoms with van der Waals surface area (Å²) < 4.78 is 5.01. The number of anilines is 1. The van der Waals surface area contributed by atoms with Crippen LogP contribution >= 0.6 is 0 Å². The molecule has 0 aliphatic carbocycles. The predicted molar refractivity (Wildman–Crippen MR) is 85.8 cm³/mol. The van der Waals surface area contributed by atoms with Gasteiger partial charge in [0.15, 0.2) is 5.60 Å². The topological polar surface area (TPSA) is 75.7 Å². The number of amides is 2. The van der Waals surface area contributed by atoms with Gasteiger partial charge in [-0.2, -0.15) is 0 Å². The van der Waals surface area contributed by atoms with Crippen LogP contribution in [0.3, 0.4) is 0 Å². The van der Waals surface area contributed by atoms with Crippen molar-refractivity contribution in [1.29, 1.82) is 0 Å². The predicted octanol–water partition coefficient (Wildman–Crippen LogP) is 1.64. The number of esters is 1. The Balaban J connectivity index is 2.10. The SMILES string of the molecule is CC(=O)OC(C)(C)C(=O)N[C@H]1C[C@@H](C)N(c2ccccc2)C1=O. The number of nitrogens with zero attached hydrogens (tertiary/aromatic N) is 1. The first kappa shape index (κ1) is 17.0. The Morgan fingerprint density at radius 1 is 1.26 bits per heavy atom. The van der Waals surface area contributed by atoms with Gasteiger partial charge in [-0.3, -0.25) is 14.4 Å². The van der Waals surface area contributed by atoms with E-state index < -0.39 is 23.5 Å². The molecule has 1 aliphatic heterocycles. The third-order valence-corrected chi connectivity index (χ3v) is 3.84. The number of ether oxygens (including phenoxy) is 1. The lowest BCUT2D eigenvalue weighted by Crippen LogP contribution is -2.51. The summed E-state index contributed by atoms with van der Waals surface area (Å²) in [5.74, 6) is -1.17. The molecule has 1 aromatic carbocycles. The van der Waals surface area contributed by atoms with Gasteiger partial charge in [-0.1, -0.05) is 18.2 Å². The number of rotatable bonds is 4. The monoisotopic (exact) mass is 318 g/mol. The van der Waals surface area contributed by atoms with Gasteiger partial charge in [0.25, 0.3) is 5.91 Å². The van der Waals surface area contributed by atoms with Crippen LogP contribution < -0.4 is 10.2 Å². The quantitative estimate of drug-likeness (QED) is 0.856. The third-order valence-electron chi connectivity index (χ3n) is 3.84. The van der Waals surface area contributed by atoms with Crippen LogP contribution in [0.25, 0.3) is 0 Å². The van der Waals surface area contributed by atoms with E-state index in [-0.39, 0.29) is 11.9 Å². The number of para-hydroxylation sites is 1. The molecular formula is C17H22N2O4. The highest BCUT2D eigenvalue weighted by Crippen LogP contribution is 2.27. The number of hydrogen-bond acceptors (Lipinski definition) is 4. The van der Waals surface area contributed by atoms with Crippen molar-refractivity contribution in [2.45, 2.75) is 51.8 Å². The Kier molecular flexibility index (Phi) is 4.73. The number of nitrogens with one attached hydrogen (secondary N) is 1. The van der Waals surface area contributed by atoms with E-state index in [1.165, 1.54) is 20.8 Å². The lowest BCUT2D eigenvalue weighted by molar-refractivity contribution is -0.163. The van der Waals surface area contributed by atoms with Gasteiger partial charge in [0.05, 0.1) is 0 Å². The van der Waals surface area contributed by atoms with Gasteiger partial charge in [0.2, 0.25) is 5.91 Å². The minimum absolute atomic E-state index is 0.0213. The standard InChI is InChI=1S/C17H22N2O4/c1-11-10-14(18-16(22)17(3,4)23-12(2)20)15(21)19(11)13-8-6-5-7-9-13/h5-9,11,14H,10H2,1-4H3,(H,18,22)/t11-,14+/m1/s1. The van der Waals surface area contributed by atoms with Crippen molar-refractivity contribution in [3.05, 3.63) is 30.3 Å². The van der Waals surface area contributed by atoms with Crippen LogP contribution in [0.5, 0.6) is 0 Å². The van der Waals surface area contributed by atoms with Gasteiger partial charge in [0, 0.05) is 18.7 Å². The molecule has 6 nitrogen and oxygen atoms in total. The minimum atomic E-state index is -1.31. The van der Waals surface area contributed by atoms with Gasteiger partial charge in [-0.15, -0.1) is 0 Å². The van der Waals surface area contributed by atoms with Gasteiger partial charge in [0.1, 0.15) is 6.04 Å². The Labute approximate surface area is 135 Å². The van der Waals surface area contributed by atoms with Crippen LogP contribution in [0.1, 0.15) is 34.1 Å². The van der Waals surface area contributed by atoms with Gasteiger partial charge < -0.3 is 15.0 Å². The summed E-state index contributed by atoms with van der Waals surface area (Å²) in [6.07, 6.45) is 0.510. The lowest BCUT2D eigenvalue weighted by Gasteiger charge is -2.25. The van der Waals surface area contributed by atoms with Crippen LogP contribution in [0.4, 0.5) is 5.69 Å². The maximum atomic E-state index is 12.6. The number of carbonyl (C=O) groups excluding carboxylic acids is 3. The molecule has 0 saturated carbocycles. The smallest absolute Gasteiger partial charge is 0.303 e. The highest BCUT2D eigenvalue weighted by Gasteiger charge is 2.41. The van der Waals surface area contributed by atoms with Crippen molar-refractivity contribution in [1.82, 2.24) is 5.32 Å². The molecule has 1 saturated heterocycles. The average molecular weight is 318 g/mol. The summed E-state index contributed by atoms with van der Waals surface area (Å²) in [5.41, 5.74) is -0.504. The molecule has 1 fully saturated rings. The summed E-state index contributed by atoms with van der Waals surface area (Å²) in [5, 5.41) is 2.70. The largest absolute Gasteiger partial charge is 0.450 e. The highest BCUT2D eigenvalue weighted by atomic mass is 16.6. The average Bonchev–Trinajstić information content (AvgIpc) is 2.73. The zero-order valence-electron chi connectivity index (χ0n) is 13.8. The third kappa shape index (κ3) is 3.70. The van der Waals surface area contributed by atoms with E-state index in [9.17, 15) is 14.4 Å². The molecule has 23 heavy (non-hydrogen) atoms. The molecule has 2 rings (SSSR count). The molecule has 0 unspecified atom stereocenters. The molecule has 2 amide bonds. The van der Waals surface area contributed by atoms with Crippen LogP contribution in [-0.2, 0) is 19.1 Å². The molecule has 1 aromatic rings. The van der Waals surface area contributed by atoms with E-state index in [1.807, 2.05) is 37.3 Å². The van der Waals surface area contributed by atoms with Crippen LogP contribution in [-0.4, -0.2) is 35.5 Å². The van der Waals surface area contributed by atoms with Crippen LogP contribution in [0.2, 0.25) is 0 Å². The Hall–Kier alpha value is -2.37. The first-order valence-electron chi connectivity index (χ1n) is 7.61. The number of hydrogen-bond donors (Lipinski definition) is 1. The number of benzene rings is 1. The summed E-state index contributed by atoms with van der Waals surface area (Å²) in [6.45, 7) is 6.19. The Bertz CT molecular complexity index is 612.